The first-order valence-corrected chi connectivity index (χ1v) is 6.92. The first-order valence-electron chi connectivity index (χ1n) is 6.92. The SMILES string of the molecule is CCCCCC(=O)NCCOC1OCCCC1O. The van der Waals surface area contributed by atoms with E-state index in [9.17, 15) is 9.90 Å². The number of unbranched alkanes of at least 4 members (excludes halogenated alkanes) is 2. The van der Waals surface area contributed by atoms with E-state index in [1.807, 2.05) is 0 Å². The number of carbonyl (C=O) groups excluding carboxylic acids is 1. The fraction of sp³-hybridized carbons (Fsp3) is 0.923. The van der Waals surface area contributed by atoms with Gasteiger partial charge in [-0.1, -0.05) is 19.8 Å². The van der Waals surface area contributed by atoms with E-state index in [1.54, 1.807) is 0 Å². The monoisotopic (exact) mass is 259 g/mol. The summed E-state index contributed by atoms with van der Waals surface area (Å²) in [5, 5.41) is 12.4. The van der Waals surface area contributed by atoms with E-state index in [1.165, 1.54) is 0 Å². The van der Waals surface area contributed by atoms with Crippen LogP contribution in [-0.2, 0) is 14.3 Å². The largest absolute Gasteiger partial charge is 0.388 e. The molecule has 106 valence electrons. The van der Waals surface area contributed by atoms with Crippen molar-refractivity contribution >= 4 is 5.91 Å². The lowest BCUT2D eigenvalue weighted by atomic mass is 10.1. The minimum Gasteiger partial charge on any atom is -0.388 e. The van der Waals surface area contributed by atoms with Gasteiger partial charge in [0.05, 0.1) is 6.61 Å². The van der Waals surface area contributed by atoms with Crippen molar-refractivity contribution in [3.63, 3.8) is 0 Å². The Morgan fingerprint density at radius 1 is 1.50 bits per heavy atom. The van der Waals surface area contributed by atoms with Crippen molar-refractivity contribution in [3.8, 4) is 0 Å². The second-order valence-electron chi connectivity index (χ2n) is 4.63. The zero-order chi connectivity index (χ0) is 13.2. The molecule has 1 amide bonds. The predicted octanol–water partition coefficient (Wildman–Crippen LogP) is 1.20. The number of carbonyl (C=O) groups is 1. The first-order chi connectivity index (χ1) is 8.74. The van der Waals surface area contributed by atoms with Crippen LogP contribution in [0.2, 0.25) is 0 Å². The Labute approximate surface area is 109 Å². The highest BCUT2D eigenvalue weighted by atomic mass is 16.7. The summed E-state index contributed by atoms with van der Waals surface area (Å²) in [6.45, 7) is 3.59. The lowest BCUT2D eigenvalue weighted by Gasteiger charge is -2.27. The first kappa shape index (κ1) is 15.4. The third-order valence-corrected chi connectivity index (χ3v) is 2.95. The van der Waals surface area contributed by atoms with Crippen molar-refractivity contribution in [2.75, 3.05) is 19.8 Å². The van der Waals surface area contributed by atoms with Crippen molar-refractivity contribution in [2.24, 2.45) is 0 Å². The molecule has 2 N–H and O–H groups in total. The quantitative estimate of drug-likeness (QED) is 0.643. The Kier molecular flexibility index (Phi) is 7.96. The third-order valence-electron chi connectivity index (χ3n) is 2.95. The lowest BCUT2D eigenvalue weighted by Crippen LogP contribution is -2.38. The molecular formula is C13H25NO4. The molecule has 1 heterocycles. The molecule has 0 spiro atoms. The van der Waals surface area contributed by atoms with Crippen molar-refractivity contribution in [1.82, 2.24) is 5.32 Å². The molecular weight excluding hydrogens is 234 g/mol. The fourth-order valence-electron chi connectivity index (χ4n) is 1.89. The molecule has 18 heavy (non-hydrogen) atoms. The molecule has 0 bridgehead atoms. The van der Waals surface area contributed by atoms with Crippen LogP contribution in [-0.4, -0.2) is 43.2 Å². The topological polar surface area (TPSA) is 67.8 Å². The van der Waals surface area contributed by atoms with E-state index in [0.717, 1.165) is 25.7 Å². The molecule has 1 saturated heterocycles. The molecule has 0 aromatic heterocycles. The Morgan fingerprint density at radius 2 is 2.33 bits per heavy atom. The van der Waals surface area contributed by atoms with Gasteiger partial charge in [-0.2, -0.15) is 0 Å². The molecule has 1 aliphatic heterocycles. The maximum atomic E-state index is 11.4. The maximum absolute atomic E-state index is 11.4. The molecule has 1 rings (SSSR count). The second-order valence-corrected chi connectivity index (χ2v) is 4.63. The van der Waals surface area contributed by atoms with Crippen LogP contribution in [0.4, 0.5) is 0 Å². The van der Waals surface area contributed by atoms with Crippen LogP contribution in [0.3, 0.4) is 0 Å². The summed E-state index contributed by atoms with van der Waals surface area (Å²) in [6, 6.07) is 0. The number of ether oxygens (including phenoxy) is 2. The Bertz CT molecular complexity index is 235. The average molecular weight is 259 g/mol. The molecule has 5 heteroatoms. The molecule has 0 aromatic rings. The zero-order valence-electron chi connectivity index (χ0n) is 11.2. The number of nitrogens with one attached hydrogen (secondary N) is 1. The molecule has 5 nitrogen and oxygen atoms in total. The van der Waals surface area contributed by atoms with Crippen molar-refractivity contribution in [1.29, 1.82) is 0 Å². The third kappa shape index (κ3) is 6.33. The number of amides is 1. The van der Waals surface area contributed by atoms with Crippen molar-refractivity contribution in [2.45, 2.75) is 57.8 Å². The molecule has 0 aromatic carbocycles. The molecule has 1 fully saturated rings. The van der Waals surface area contributed by atoms with E-state index in [-0.39, 0.29) is 5.91 Å². The van der Waals surface area contributed by atoms with E-state index in [2.05, 4.69) is 12.2 Å². The minimum atomic E-state index is -0.543. The Balaban J connectivity index is 1.98. The van der Waals surface area contributed by atoms with Gasteiger partial charge < -0.3 is 19.9 Å². The molecule has 1 aliphatic rings. The standard InChI is InChI=1S/C13H25NO4/c1-2-3-4-7-12(16)14-8-10-18-13-11(15)6-5-9-17-13/h11,13,15H,2-10H2,1H3,(H,14,16). The van der Waals surface area contributed by atoms with Gasteiger partial charge in [0.1, 0.15) is 6.10 Å². The van der Waals surface area contributed by atoms with Gasteiger partial charge in [-0.3, -0.25) is 4.79 Å². The predicted molar refractivity (Wildman–Crippen MR) is 68.1 cm³/mol. The van der Waals surface area contributed by atoms with Gasteiger partial charge in [0.25, 0.3) is 0 Å². The van der Waals surface area contributed by atoms with Gasteiger partial charge in [-0.25, -0.2) is 0 Å². The van der Waals surface area contributed by atoms with Crippen LogP contribution in [0.25, 0.3) is 0 Å². The van der Waals surface area contributed by atoms with Gasteiger partial charge in [-0.15, -0.1) is 0 Å². The van der Waals surface area contributed by atoms with E-state index >= 15 is 0 Å². The summed E-state index contributed by atoms with van der Waals surface area (Å²) in [5.41, 5.74) is 0. The average Bonchev–Trinajstić information content (AvgIpc) is 2.37. The summed E-state index contributed by atoms with van der Waals surface area (Å²) in [6.07, 6.45) is 4.24. The highest BCUT2D eigenvalue weighted by molar-refractivity contribution is 5.75. The number of aliphatic hydroxyl groups excluding tert-OH is 1. The van der Waals surface area contributed by atoms with Gasteiger partial charge in [0.15, 0.2) is 6.29 Å². The molecule has 2 unspecified atom stereocenters. The molecule has 2 atom stereocenters. The Morgan fingerprint density at radius 3 is 3.06 bits per heavy atom. The number of aliphatic hydroxyl groups is 1. The summed E-state index contributed by atoms with van der Waals surface area (Å²) in [4.78, 5) is 11.4. The van der Waals surface area contributed by atoms with Crippen LogP contribution in [0.15, 0.2) is 0 Å². The zero-order valence-corrected chi connectivity index (χ0v) is 11.2. The fourth-order valence-corrected chi connectivity index (χ4v) is 1.89. The number of rotatable bonds is 8. The normalized spacial score (nSPS) is 23.9. The Hall–Kier alpha value is -0.650. The highest BCUT2D eigenvalue weighted by Crippen LogP contribution is 2.14. The van der Waals surface area contributed by atoms with Crippen LogP contribution < -0.4 is 5.32 Å². The van der Waals surface area contributed by atoms with Gasteiger partial charge >= 0.3 is 0 Å². The highest BCUT2D eigenvalue weighted by Gasteiger charge is 2.24. The van der Waals surface area contributed by atoms with Gasteiger partial charge in [-0.05, 0) is 19.3 Å². The number of hydrogen-bond donors (Lipinski definition) is 2. The van der Waals surface area contributed by atoms with Crippen LogP contribution in [0.5, 0.6) is 0 Å². The summed E-state index contributed by atoms with van der Waals surface area (Å²) in [5.74, 6) is 0.0668. The minimum absolute atomic E-state index is 0.0668. The van der Waals surface area contributed by atoms with Gasteiger partial charge in [0.2, 0.25) is 5.91 Å². The van der Waals surface area contributed by atoms with E-state index < -0.39 is 12.4 Å². The van der Waals surface area contributed by atoms with Crippen molar-refractivity contribution < 1.29 is 19.4 Å². The van der Waals surface area contributed by atoms with E-state index in [0.29, 0.717) is 32.6 Å². The molecule has 0 saturated carbocycles. The van der Waals surface area contributed by atoms with Crippen LogP contribution in [0, 0.1) is 0 Å². The second kappa shape index (κ2) is 9.30. The summed E-state index contributed by atoms with van der Waals surface area (Å²) < 4.78 is 10.7. The number of hydrogen-bond acceptors (Lipinski definition) is 4. The molecule has 0 radical (unpaired) electrons. The maximum Gasteiger partial charge on any atom is 0.220 e. The summed E-state index contributed by atoms with van der Waals surface area (Å²) in [7, 11) is 0. The van der Waals surface area contributed by atoms with Crippen molar-refractivity contribution in [3.05, 3.63) is 0 Å². The summed E-state index contributed by atoms with van der Waals surface area (Å²) >= 11 is 0. The van der Waals surface area contributed by atoms with Crippen LogP contribution in [0.1, 0.15) is 45.4 Å². The van der Waals surface area contributed by atoms with E-state index in [4.69, 9.17) is 9.47 Å². The molecule has 0 aliphatic carbocycles. The van der Waals surface area contributed by atoms with Gasteiger partial charge in [0, 0.05) is 19.6 Å². The van der Waals surface area contributed by atoms with Crippen LogP contribution >= 0.6 is 0 Å². The lowest BCUT2D eigenvalue weighted by molar-refractivity contribution is -0.213. The smallest absolute Gasteiger partial charge is 0.220 e.